The first-order valence-corrected chi connectivity index (χ1v) is 6.04. The van der Waals surface area contributed by atoms with Gasteiger partial charge in [0.25, 0.3) is 0 Å². The Morgan fingerprint density at radius 3 is 2.56 bits per heavy atom. The third-order valence-corrected chi connectivity index (χ3v) is 3.66. The van der Waals surface area contributed by atoms with Gasteiger partial charge in [0.1, 0.15) is 5.82 Å². The van der Waals surface area contributed by atoms with E-state index in [1.165, 1.54) is 37.9 Å². The van der Waals surface area contributed by atoms with Crippen LogP contribution >= 0.6 is 0 Å². The topological polar surface area (TPSA) is 38.9 Å². The van der Waals surface area contributed by atoms with Gasteiger partial charge in [-0.2, -0.15) is 0 Å². The van der Waals surface area contributed by atoms with Crippen LogP contribution in [0, 0.1) is 17.7 Å². The Morgan fingerprint density at radius 2 is 2.00 bits per heavy atom. The Morgan fingerprint density at radius 1 is 1.31 bits per heavy atom. The van der Waals surface area contributed by atoms with Crippen molar-refractivity contribution in [1.29, 1.82) is 0 Å². The smallest absolute Gasteiger partial charge is 0.141 e. The first kappa shape index (κ1) is 11.5. The fraction of sp³-hybridized carbons (Fsp3) is 0.615. The molecule has 0 radical (unpaired) electrons. The number of pyridine rings is 1. The lowest BCUT2D eigenvalue weighted by Crippen LogP contribution is -2.26. The highest BCUT2D eigenvalue weighted by Crippen LogP contribution is 2.34. The molecule has 1 fully saturated rings. The SMILES string of the molecule is CC1CCC(C(N)c2ccc(F)cn2)CC1. The van der Waals surface area contributed by atoms with Crippen molar-refractivity contribution >= 4 is 0 Å². The van der Waals surface area contributed by atoms with Gasteiger partial charge in [-0.25, -0.2) is 4.39 Å². The molecular formula is C13H19FN2. The van der Waals surface area contributed by atoms with Crippen molar-refractivity contribution in [3.05, 3.63) is 29.8 Å². The highest BCUT2D eigenvalue weighted by atomic mass is 19.1. The van der Waals surface area contributed by atoms with E-state index in [1.54, 1.807) is 6.07 Å². The molecule has 1 aliphatic carbocycles. The summed E-state index contributed by atoms with van der Waals surface area (Å²) in [6.45, 7) is 2.29. The zero-order valence-corrected chi connectivity index (χ0v) is 9.70. The minimum Gasteiger partial charge on any atom is -0.322 e. The van der Waals surface area contributed by atoms with E-state index < -0.39 is 0 Å². The average molecular weight is 222 g/mol. The first-order chi connectivity index (χ1) is 7.66. The molecule has 88 valence electrons. The van der Waals surface area contributed by atoms with Gasteiger partial charge in [-0.3, -0.25) is 4.98 Å². The maximum absolute atomic E-state index is 12.7. The Kier molecular flexibility index (Phi) is 3.54. The Hall–Kier alpha value is -0.960. The van der Waals surface area contributed by atoms with Gasteiger partial charge < -0.3 is 5.73 Å². The summed E-state index contributed by atoms with van der Waals surface area (Å²) in [5.41, 5.74) is 7.00. The molecule has 3 heteroatoms. The molecule has 1 aliphatic rings. The Bertz CT molecular complexity index is 328. The van der Waals surface area contributed by atoms with E-state index in [0.29, 0.717) is 5.92 Å². The maximum atomic E-state index is 12.7. The van der Waals surface area contributed by atoms with E-state index in [1.807, 2.05) is 0 Å². The largest absolute Gasteiger partial charge is 0.322 e. The number of hydrogen-bond acceptors (Lipinski definition) is 2. The van der Waals surface area contributed by atoms with Gasteiger partial charge >= 0.3 is 0 Å². The Balaban J connectivity index is 2.01. The molecule has 0 spiro atoms. The quantitative estimate of drug-likeness (QED) is 0.835. The highest BCUT2D eigenvalue weighted by Gasteiger charge is 2.25. The summed E-state index contributed by atoms with van der Waals surface area (Å²) in [6.07, 6.45) is 6.09. The number of halogens is 1. The molecule has 2 rings (SSSR count). The molecule has 1 aromatic heterocycles. The van der Waals surface area contributed by atoms with Gasteiger partial charge in [0.15, 0.2) is 0 Å². The lowest BCUT2D eigenvalue weighted by atomic mass is 9.78. The zero-order valence-electron chi connectivity index (χ0n) is 9.70. The number of nitrogens with zero attached hydrogens (tertiary/aromatic N) is 1. The summed E-state index contributed by atoms with van der Waals surface area (Å²) in [4.78, 5) is 4.07. The molecule has 16 heavy (non-hydrogen) atoms. The fourth-order valence-electron chi connectivity index (χ4n) is 2.47. The summed E-state index contributed by atoms with van der Waals surface area (Å²) < 4.78 is 12.7. The summed E-state index contributed by atoms with van der Waals surface area (Å²) in [6, 6.07) is 3.11. The van der Waals surface area contributed by atoms with Crippen molar-refractivity contribution in [3.8, 4) is 0 Å². The summed E-state index contributed by atoms with van der Waals surface area (Å²) >= 11 is 0. The molecule has 1 heterocycles. The van der Waals surface area contributed by atoms with E-state index in [-0.39, 0.29) is 11.9 Å². The second-order valence-corrected chi connectivity index (χ2v) is 4.95. The minimum absolute atomic E-state index is 0.0342. The molecule has 1 unspecified atom stereocenters. The van der Waals surface area contributed by atoms with Crippen LogP contribution in [0.25, 0.3) is 0 Å². The molecule has 0 aromatic carbocycles. The van der Waals surface area contributed by atoms with Crippen molar-refractivity contribution in [2.75, 3.05) is 0 Å². The van der Waals surface area contributed by atoms with E-state index in [2.05, 4.69) is 11.9 Å². The van der Waals surface area contributed by atoms with Gasteiger partial charge in [0, 0.05) is 6.04 Å². The highest BCUT2D eigenvalue weighted by molar-refractivity contribution is 5.10. The van der Waals surface area contributed by atoms with Gasteiger partial charge in [-0.05, 0) is 36.8 Å². The van der Waals surface area contributed by atoms with E-state index in [9.17, 15) is 4.39 Å². The molecule has 1 atom stereocenters. The first-order valence-electron chi connectivity index (χ1n) is 6.04. The van der Waals surface area contributed by atoms with Crippen molar-refractivity contribution in [1.82, 2.24) is 4.98 Å². The van der Waals surface area contributed by atoms with Crippen LogP contribution in [0.15, 0.2) is 18.3 Å². The maximum Gasteiger partial charge on any atom is 0.141 e. The van der Waals surface area contributed by atoms with Gasteiger partial charge in [0.05, 0.1) is 11.9 Å². The van der Waals surface area contributed by atoms with Crippen LogP contribution in [0.5, 0.6) is 0 Å². The third kappa shape index (κ3) is 2.59. The van der Waals surface area contributed by atoms with E-state index in [4.69, 9.17) is 5.73 Å². The van der Waals surface area contributed by atoms with Gasteiger partial charge in [0.2, 0.25) is 0 Å². The fourth-order valence-corrected chi connectivity index (χ4v) is 2.47. The molecule has 0 aliphatic heterocycles. The van der Waals surface area contributed by atoms with Crippen LogP contribution in [0.3, 0.4) is 0 Å². The van der Waals surface area contributed by atoms with Crippen molar-refractivity contribution in [2.24, 2.45) is 17.6 Å². The number of aromatic nitrogens is 1. The predicted molar refractivity (Wildman–Crippen MR) is 62.2 cm³/mol. The number of hydrogen-bond donors (Lipinski definition) is 1. The molecular weight excluding hydrogens is 203 g/mol. The molecule has 0 amide bonds. The predicted octanol–water partition coefficient (Wildman–Crippen LogP) is 3.05. The molecule has 1 aromatic rings. The zero-order chi connectivity index (χ0) is 11.5. The van der Waals surface area contributed by atoms with Crippen LogP contribution in [0.2, 0.25) is 0 Å². The lowest BCUT2D eigenvalue weighted by Gasteiger charge is -2.30. The molecule has 2 nitrogen and oxygen atoms in total. The molecule has 1 saturated carbocycles. The average Bonchev–Trinajstić information content (AvgIpc) is 2.30. The van der Waals surface area contributed by atoms with Crippen LogP contribution in [-0.4, -0.2) is 4.98 Å². The van der Waals surface area contributed by atoms with Crippen LogP contribution in [0.1, 0.15) is 44.3 Å². The standard InChI is InChI=1S/C13H19FN2/c1-9-2-4-10(5-3-9)13(15)12-7-6-11(14)8-16-12/h6-10,13H,2-5,15H2,1H3. The second kappa shape index (κ2) is 4.91. The molecule has 0 saturated heterocycles. The number of nitrogens with two attached hydrogens (primary N) is 1. The van der Waals surface area contributed by atoms with E-state index in [0.717, 1.165) is 11.6 Å². The van der Waals surface area contributed by atoms with Gasteiger partial charge in [-0.1, -0.05) is 19.8 Å². The molecule has 0 bridgehead atoms. The normalized spacial score (nSPS) is 27.7. The van der Waals surface area contributed by atoms with E-state index >= 15 is 0 Å². The summed E-state index contributed by atoms with van der Waals surface area (Å²) in [5.74, 6) is 1.03. The lowest BCUT2D eigenvalue weighted by molar-refractivity contribution is 0.253. The van der Waals surface area contributed by atoms with Gasteiger partial charge in [-0.15, -0.1) is 0 Å². The van der Waals surface area contributed by atoms with Crippen LogP contribution in [-0.2, 0) is 0 Å². The third-order valence-electron chi connectivity index (χ3n) is 3.66. The number of rotatable bonds is 2. The minimum atomic E-state index is -0.298. The van der Waals surface area contributed by atoms with Crippen LogP contribution in [0.4, 0.5) is 4.39 Å². The van der Waals surface area contributed by atoms with Crippen molar-refractivity contribution in [2.45, 2.75) is 38.6 Å². The molecule has 2 N–H and O–H groups in total. The monoisotopic (exact) mass is 222 g/mol. The van der Waals surface area contributed by atoms with Crippen molar-refractivity contribution in [3.63, 3.8) is 0 Å². The van der Waals surface area contributed by atoms with Crippen molar-refractivity contribution < 1.29 is 4.39 Å². The second-order valence-electron chi connectivity index (χ2n) is 4.95. The summed E-state index contributed by atoms with van der Waals surface area (Å²) in [7, 11) is 0. The Labute approximate surface area is 96.1 Å². The summed E-state index contributed by atoms with van der Waals surface area (Å²) in [5, 5.41) is 0. The van der Waals surface area contributed by atoms with Crippen LogP contribution < -0.4 is 5.73 Å².